The monoisotopic (exact) mass is 580 g/mol. The molecule has 3 unspecified atom stereocenters. The second-order valence-corrected chi connectivity index (χ2v) is 11.5. The van der Waals surface area contributed by atoms with Gasteiger partial charge in [0.05, 0.1) is 11.3 Å². The molecule has 3 aromatic heterocycles. The maximum Gasteiger partial charge on any atom is 0.416 e. The lowest BCUT2D eigenvalue weighted by atomic mass is 9.76. The zero-order chi connectivity index (χ0) is 29.3. The lowest BCUT2D eigenvalue weighted by Crippen LogP contribution is -2.49. The smallest absolute Gasteiger partial charge is 0.367 e. The molecule has 1 amide bonds. The molecule has 2 aliphatic heterocycles. The van der Waals surface area contributed by atoms with E-state index in [-0.39, 0.29) is 17.8 Å². The largest absolute Gasteiger partial charge is 0.416 e. The highest BCUT2D eigenvalue weighted by molar-refractivity contribution is 5.79. The van der Waals surface area contributed by atoms with Crippen LogP contribution < -0.4 is 21.5 Å². The van der Waals surface area contributed by atoms with Crippen LogP contribution in [0.3, 0.4) is 0 Å². The average Bonchev–Trinajstić information content (AvgIpc) is 3.46. The van der Waals surface area contributed by atoms with Gasteiger partial charge in [-0.2, -0.15) is 13.2 Å². The third-order valence-corrected chi connectivity index (χ3v) is 8.54. The number of alkyl halides is 3. The van der Waals surface area contributed by atoms with E-state index in [2.05, 4.69) is 36.4 Å². The first-order valence-electron chi connectivity index (χ1n) is 14.5. The van der Waals surface area contributed by atoms with Gasteiger partial charge in [0.2, 0.25) is 5.91 Å². The first-order chi connectivity index (χ1) is 20.2. The van der Waals surface area contributed by atoms with Crippen LogP contribution in [-0.4, -0.2) is 57.5 Å². The van der Waals surface area contributed by atoms with Crippen molar-refractivity contribution >= 4 is 23.4 Å². The van der Waals surface area contributed by atoms with E-state index >= 15 is 0 Å². The predicted molar refractivity (Wildman–Crippen MR) is 154 cm³/mol. The van der Waals surface area contributed by atoms with Crippen LogP contribution in [0.5, 0.6) is 0 Å². The van der Waals surface area contributed by atoms with Crippen LogP contribution in [0, 0.1) is 18.8 Å². The summed E-state index contributed by atoms with van der Waals surface area (Å²) < 4.78 is 39.3. The normalized spacial score (nSPS) is 23.0. The van der Waals surface area contributed by atoms with E-state index in [0.29, 0.717) is 29.4 Å². The summed E-state index contributed by atoms with van der Waals surface area (Å²) in [7, 11) is 0. The van der Waals surface area contributed by atoms with E-state index in [0.717, 1.165) is 87.0 Å². The summed E-state index contributed by atoms with van der Waals surface area (Å²) in [5, 5.41) is 6.39. The van der Waals surface area contributed by atoms with E-state index in [1.165, 1.54) is 0 Å². The number of anilines is 3. The van der Waals surface area contributed by atoms with Crippen LogP contribution in [0.25, 0.3) is 11.3 Å². The minimum absolute atomic E-state index is 0.0646. The molecular weight excluding hydrogens is 545 g/mol. The van der Waals surface area contributed by atoms with Crippen LogP contribution in [0.4, 0.5) is 30.6 Å². The maximum atomic E-state index is 13.3. The van der Waals surface area contributed by atoms with Crippen molar-refractivity contribution in [1.82, 2.24) is 30.7 Å². The van der Waals surface area contributed by atoms with Gasteiger partial charge in [0.1, 0.15) is 17.5 Å². The number of carbonyl (C=O) groups is 1. The van der Waals surface area contributed by atoms with Crippen molar-refractivity contribution in [2.24, 2.45) is 11.8 Å². The van der Waals surface area contributed by atoms with Gasteiger partial charge in [-0.25, -0.2) is 15.0 Å². The predicted octanol–water partition coefficient (Wildman–Crippen LogP) is 4.91. The summed E-state index contributed by atoms with van der Waals surface area (Å²) in [5.41, 5.74) is 8.12. The summed E-state index contributed by atoms with van der Waals surface area (Å²) in [6.07, 6.45) is 3.34. The number of piperidine rings is 1. The van der Waals surface area contributed by atoms with Gasteiger partial charge < -0.3 is 15.5 Å². The molecule has 4 N–H and O–H groups in total. The molecule has 12 heteroatoms. The number of likely N-dealkylation sites (tertiary alicyclic amines) is 1. The molecule has 0 radical (unpaired) electrons. The molecular formula is C30H35F3N8O. The molecule has 3 fully saturated rings. The Labute approximate surface area is 242 Å². The van der Waals surface area contributed by atoms with E-state index in [1.54, 1.807) is 12.3 Å². The lowest BCUT2D eigenvalue weighted by molar-refractivity contribution is -0.139. The number of hydrogen-bond acceptors (Lipinski definition) is 8. The molecule has 9 nitrogen and oxygen atoms in total. The number of nitrogens with zero attached hydrogens (tertiary/aromatic N) is 4. The Morgan fingerprint density at radius 1 is 1.00 bits per heavy atom. The van der Waals surface area contributed by atoms with Crippen molar-refractivity contribution in [2.45, 2.75) is 57.3 Å². The molecule has 0 aromatic carbocycles. The SMILES string of the molecule is Cc1cc(Nc2cc(C(F)(F)F)ccn2)nc(-c2ccc(NC3CCN(C(=O)C4CCCC5NNCC54)CC3)nc2)c1. The molecule has 1 saturated carbocycles. The molecule has 2 saturated heterocycles. The van der Waals surface area contributed by atoms with Crippen LogP contribution in [0.1, 0.15) is 43.2 Å². The molecule has 6 rings (SSSR count). The fourth-order valence-corrected chi connectivity index (χ4v) is 6.35. The van der Waals surface area contributed by atoms with Gasteiger partial charge in [-0.3, -0.25) is 15.6 Å². The number of hydrogen-bond donors (Lipinski definition) is 4. The Balaban J connectivity index is 1.05. The lowest BCUT2D eigenvalue weighted by Gasteiger charge is -2.38. The molecule has 0 bridgehead atoms. The standard InChI is InChI=1S/C30H35F3N8O/c1-18-13-25(38-28(14-18)39-27-15-20(7-10-34-27)30(31,32)33)19-5-6-26(35-16-19)37-21-8-11-41(12-9-21)29(42)22-3-2-4-24-23(22)17-36-40-24/h5-7,10,13-16,21-24,36,40H,2-4,8-9,11-12,17H2,1H3,(H,35,37)(H,34,38,39). The number of aryl methyl sites for hydroxylation is 1. The zero-order valence-corrected chi connectivity index (χ0v) is 23.4. The van der Waals surface area contributed by atoms with Crippen molar-refractivity contribution in [3.05, 3.63) is 59.9 Å². The Bertz CT molecular complexity index is 1410. The number of carbonyl (C=O) groups excluding carboxylic acids is 1. The maximum absolute atomic E-state index is 13.3. The summed E-state index contributed by atoms with van der Waals surface area (Å²) in [6, 6.07) is 10.0. The quantitative estimate of drug-likeness (QED) is 0.326. The van der Waals surface area contributed by atoms with Crippen LogP contribution in [0.15, 0.2) is 48.8 Å². The molecule has 3 atom stereocenters. The van der Waals surface area contributed by atoms with Gasteiger partial charge in [-0.05, 0) is 74.6 Å². The number of aromatic nitrogens is 3. The van der Waals surface area contributed by atoms with E-state index < -0.39 is 11.7 Å². The Morgan fingerprint density at radius 3 is 2.60 bits per heavy atom. The Hall–Kier alpha value is -3.77. The Kier molecular flexibility index (Phi) is 8.00. The fourth-order valence-electron chi connectivity index (χ4n) is 6.35. The van der Waals surface area contributed by atoms with E-state index in [9.17, 15) is 18.0 Å². The Morgan fingerprint density at radius 2 is 1.83 bits per heavy atom. The van der Waals surface area contributed by atoms with Gasteiger partial charge in [0.15, 0.2) is 0 Å². The summed E-state index contributed by atoms with van der Waals surface area (Å²) in [4.78, 5) is 28.5. The number of pyridine rings is 3. The second kappa shape index (κ2) is 11.8. The van der Waals surface area contributed by atoms with Crippen molar-refractivity contribution in [2.75, 3.05) is 30.3 Å². The molecule has 3 aliphatic rings. The van der Waals surface area contributed by atoms with Gasteiger partial charge in [-0.1, -0.05) is 6.42 Å². The third kappa shape index (κ3) is 6.34. The number of nitrogens with one attached hydrogen (secondary N) is 4. The number of fused-ring (bicyclic) bond motifs is 1. The van der Waals surface area contributed by atoms with Gasteiger partial charge in [0.25, 0.3) is 0 Å². The number of amides is 1. The van der Waals surface area contributed by atoms with Gasteiger partial charge in [0, 0.05) is 61.5 Å². The molecule has 5 heterocycles. The highest BCUT2D eigenvalue weighted by Crippen LogP contribution is 2.34. The van der Waals surface area contributed by atoms with Crippen molar-refractivity contribution in [3.8, 4) is 11.3 Å². The first kappa shape index (κ1) is 28.4. The third-order valence-electron chi connectivity index (χ3n) is 8.54. The number of rotatable bonds is 6. The number of hydrazine groups is 1. The summed E-state index contributed by atoms with van der Waals surface area (Å²) in [5.74, 6) is 2.01. The van der Waals surface area contributed by atoms with Gasteiger partial charge >= 0.3 is 6.18 Å². The van der Waals surface area contributed by atoms with Crippen LogP contribution in [-0.2, 0) is 11.0 Å². The highest BCUT2D eigenvalue weighted by Gasteiger charge is 2.42. The highest BCUT2D eigenvalue weighted by atomic mass is 19.4. The minimum atomic E-state index is -4.45. The summed E-state index contributed by atoms with van der Waals surface area (Å²) >= 11 is 0. The zero-order valence-electron chi connectivity index (χ0n) is 23.4. The first-order valence-corrected chi connectivity index (χ1v) is 14.5. The van der Waals surface area contributed by atoms with E-state index in [4.69, 9.17) is 0 Å². The molecule has 3 aromatic rings. The van der Waals surface area contributed by atoms with Crippen molar-refractivity contribution < 1.29 is 18.0 Å². The molecule has 0 spiro atoms. The van der Waals surface area contributed by atoms with Crippen LogP contribution >= 0.6 is 0 Å². The average molecular weight is 581 g/mol. The topological polar surface area (TPSA) is 107 Å². The molecule has 222 valence electrons. The van der Waals surface area contributed by atoms with Gasteiger partial charge in [-0.15, -0.1) is 0 Å². The molecule has 42 heavy (non-hydrogen) atoms. The van der Waals surface area contributed by atoms with Crippen LogP contribution in [0.2, 0.25) is 0 Å². The number of halogens is 3. The second-order valence-electron chi connectivity index (χ2n) is 11.5. The molecule has 1 aliphatic carbocycles. The minimum Gasteiger partial charge on any atom is -0.367 e. The summed E-state index contributed by atoms with van der Waals surface area (Å²) in [6.45, 7) is 4.24. The fraction of sp³-hybridized carbons (Fsp3) is 0.467. The van der Waals surface area contributed by atoms with Crippen molar-refractivity contribution in [1.29, 1.82) is 0 Å². The van der Waals surface area contributed by atoms with E-state index in [1.807, 2.05) is 30.0 Å². The van der Waals surface area contributed by atoms with Crippen molar-refractivity contribution in [3.63, 3.8) is 0 Å².